The summed E-state index contributed by atoms with van der Waals surface area (Å²) in [7, 11) is 1.43. The normalized spacial score (nSPS) is 20.0. The van der Waals surface area contributed by atoms with Crippen LogP contribution in [-0.4, -0.2) is 37.2 Å². The minimum Gasteiger partial charge on any atom is -0.493 e. The summed E-state index contributed by atoms with van der Waals surface area (Å²) in [5, 5.41) is 0. The Labute approximate surface area is 142 Å². The van der Waals surface area contributed by atoms with Gasteiger partial charge in [-0.25, -0.2) is 0 Å². The van der Waals surface area contributed by atoms with Gasteiger partial charge in [0.1, 0.15) is 0 Å². The van der Waals surface area contributed by atoms with E-state index in [1.807, 2.05) is 13.0 Å². The lowest BCUT2D eigenvalue weighted by molar-refractivity contribution is -0.0512. The third-order valence-electron chi connectivity index (χ3n) is 4.10. The molecule has 2 rings (SSSR count). The molecule has 0 saturated carbocycles. The first-order valence-corrected chi connectivity index (χ1v) is 7.62. The molecule has 1 fully saturated rings. The maximum absolute atomic E-state index is 12.5. The highest BCUT2D eigenvalue weighted by atomic mass is 35.5. The van der Waals surface area contributed by atoms with Crippen molar-refractivity contribution in [3.63, 3.8) is 0 Å². The SMILES string of the molecule is COc1ccc(CN2CCCCC2C(C)N)cc1OC(F)F.Cl. The first-order chi connectivity index (χ1) is 10.5. The number of hydrogen-bond donors (Lipinski definition) is 1. The first kappa shape index (κ1) is 19.9. The van der Waals surface area contributed by atoms with E-state index in [1.165, 1.54) is 13.5 Å². The van der Waals surface area contributed by atoms with Crippen LogP contribution in [0.1, 0.15) is 31.7 Å². The number of nitrogens with zero attached hydrogens (tertiary/aromatic N) is 1. The van der Waals surface area contributed by atoms with Crippen molar-refractivity contribution >= 4 is 12.4 Å². The number of methoxy groups -OCH3 is 1. The van der Waals surface area contributed by atoms with Gasteiger partial charge in [-0.05, 0) is 44.0 Å². The summed E-state index contributed by atoms with van der Waals surface area (Å²) in [6.45, 7) is 0.803. The van der Waals surface area contributed by atoms with Gasteiger partial charge in [0.25, 0.3) is 0 Å². The molecule has 2 N–H and O–H groups in total. The van der Waals surface area contributed by atoms with Crippen molar-refractivity contribution in [2.24, 2.45) is 5.73 Å². The van der Waals surface area contributed by atoms with Crippen LogP contribution in [0.4, 0.5) is 8.78 Å². The number of rotatable bonds is 6. The van der Waals surface area contributed by atoms with Gasteiger partial charge in [0.15, 0.2) is 11.5 Å². The van der Waals surface area contributed by atoms with Crippen LogP contribution in [0.5, 0.6) is 11.5 Å². The van der Waals surface area contributed by atoms with Crippen LogP contribution in [0.2, 0.25) is 0 Å². The van der Waals surface area contributed by atoms with Crippen molar-refractivity contribution in [3.05, 3.63) is 23.8 Å². The quantitative estimate of drug-likeness (QED) is 0.854. The van der Waals surface area contributed by atoms with Gasteiger partial charge < -0.3 is 15.2 Å². The number of ether oxygens (including phenoxy) is 2. The number of halogens is 3. The van der Waals surface area contributed by atoms with Gasteiger partial charge in [-0.1, -0.05) is 12.5 Å². The maximum Gasteiger partial charge on any atom is 0.387 e. The van der Waals surface area contributed by atoms with E-state index in [-0.39, 0.29) is 24.2 Å². The van der Waals surface area contributed by atoms with Crippen molar-refractivity contribution in [2.75, 3.05) is 13.7 Å². The number of likely N-dealkylation sites (tertiary alicyclic amines) is 1. The van der Waals surface area contributed by atoms with Crippen molar-refractivity contribution in [1.29, 1.82) is 0 Å². The van der Waals surface area contributed by atoms with Crippen molar-refractivity contribution in [3.8, 4) is 11.5 Å². The minimum atomic E-state index is -2.86. The summed E-state index contributed by atoms with van der Waals surface area (Å²) in [6.07, 6.45) is 3.40. The van der Waals surface area contributed by atoms with Gasteiger partial charge in [-0.3, -0.25) is 4.90 Å². The lowest BCUT2D eigenvalue weighted by Crippen LogP contribution is -2.48. The Bertz CT molecular complexity index is 489. The molecule has 132 valence electrons. The molecular formula is C16H25ClF2N2O2. The molecule has 1 saturated heterocycles. The summed E-state index contributed by atoms with van der Waals surface area (Å²) >= 11 is 0. The minimum absolute atomic E-state index is 0. The average Bonchev–Trinajstić information content (AvgIpc) is 2.47. The van der Waals surface area contributed by atoms with E-state index in [9.17, 15) is 8.78 Å². The number of alkyl halides is 2. The number of nitrogens with two attached hydrogens (primary N) is 1. The van der Waals surface area contributed by atoms with Crippen LogP contribution in [0.25, 0.3) is 0 Å². The molecule has 1 aliphatic heterocycles. The molecule has 2 unspecified atom stereocenters. The Hall–Kier alpha value is -1.11. The molecule has 23 heavy (non-hydrogen) atoms. The van der Waals surface area contributed by atoms with Crippen LogP contribution < -0.4 is 15.2 Å². The number of hydrogen-bond acceptors (Lipinski definition) is 4. The smallest absolute Gasteiger partial charge is 0.387 e. The third kappa shape index (κ3) is 5.48. The van der Waals surface area contributed by atoms with Crippen molar-refractivity contribution in [2.45, 2.75) is 51.4 Å². The van der Waals surface area contributed by atoms with Crippen LogP contribution in [0, 0.1) is 0 Å². The predicted molar refractivity (Wildman–Crippen MR) is 88.6 cm³/mol. The zero-order valence-corrected chi connectivity index (χ0v) is 14.3. The molecule has 4 nitrogen and oxygen atoms in total. The highest BCUT2D eigenvalue weighted by molar-refractivity contribution is 5.85. The number of piperidine rings is 1. The van der Waals surface area contributed by atoms with E-state index in [0.717, 1.165) is 24.9 Å². The maximum atomic E-state index is 12.5. The van der Waals surface area contributed by atoms with E-state index < -0.39 is 6.61 Å². The summed E-state index contributed by atoms with van der Waals surface area (Å²) < 4.78 is 34.6. The lowest BCUT2D eigenvalue weighted by Gasteiger charge is -2.38. The lowest BCUT2D eigenvalue weighted by atomic mass is 9.96. The van der Waals surface area contributed by atoms with E-state index in [1.54, 1.807) is 12.1 Å². The second kappa shape index (κ2) is 9.25. The average molecular weight is 351 g/mol. The fourth-order valence-electron chi connectivity index (χ4n) is 3.05. The fourth-order valence-corrected chi connectivity index (χ4v) is 3.05. The second-order valence-corrected chi connectivity index (χ2v) is 5.76. The molecule has 1 aromatic rings. The molecular weight excluding hydrogens is 326 g/mol. The van der Waals surface area contributed by atoms with Crippen LogP contribution in [0.15, 0.2) is 18.2 Å². The molecule has 7 heteroatoms. The zero-order valence-electron chi connectivity index (χ0n) is 13.5. The van der Waals surface area contributed by atoms with E-state index in [2.05, 4.69) is 9.64 Å². The highest BCUT2D eigenvalue weighted by Gasteiger charge is 2.25. The Balaban J connectivity index is 0.00000264. The first-order valence-electron chi connectivity index (χ1n) is 7.62. The molecule has 0 aromatic heterocycles. The van der Waals surface area contributed by atoms with Gasteiger partial charge in [-0.2, -0.15) is 8.78 Å². The van der Waals surface area contributed by atoms with Crippen molar-refractivity contribution in [1.82, 2.24) is 4.90 Å². The zero-order chi connectivity index (χ0) is 16.1. The molecule has 0 bridgehead atoms. The van der Waals surface area contributed by atoms with Gasteiger partial charge in [-0.15, -0.1) is 12.4 Å². The Morgan fingerprint density at radius 3 is 2.65 bits per heavy atom. The predicted octanol–water partition coefficient (Wildman–Crippen LogP) is 3.42. The molecule has 2 atom stereocenters. The Morgan fingerprint density at radius 1 is 1.30 bits per heavy atom. The summed E-state index contributed by atoms with van der Waals surface area (Å²) in [5.74, 6) is 0.385. The monoisotopic (exact) mass is 350 g/mol. The Morgan fingerprint density at radius 2 is 2.04 bits per heavy atom. The standard InChI is InChI=1S/C16H24F2N2O2.ClH/c1-11(19)13-5-3-4-8-20(13)10-12-6-7-14(21-2)15(9-12)22-16(17)18;/h6-7,9,11,13,16H,3-5,8,10,19H2,1-2H3;1H. The second-order valence-electron chi connectivity index (χ2n) is 5.76. The van der Waals surface area contributed by atoms with Crippen LogP contribution >= 0.6 is 12.4 Å². The largest absolute Gasteiger partial charge is 0.493 e. The molecule has 0 spiro atoms. The van der Waals surface area contributed by atoms with Gasteiger partial charge in [0.2, 0.25) is 0 Å². The van der Waals surface area contributed by atoms with Crippen LogP contribution in [-0.2, 0) is 6.54 Å². The highest BCUT2D eigenvalue weighted by Crippen LogP contribution is 2.31. The van der Waals surface area contributed by atoms with E-state index in [0.29, 0.717) is 18.3 Å². The third-order valence-corrected chi connectivity index (χ3v) is 4.10. The topological polar surface area (TPSA) is 47.7 Å². The van der Waals surface area contributed by atoms with E-state index >= 15 is 0 Å². The summed E-state index contributed by atoms with van der Waals surface area (Å²) in [6, 6.07) is 5.59. The number of benzene rings is 1. The molecule has 1 aliphatic rings. The van der Waals surface area contributed by atoms with Crippen molar-refractivity contribution < 1.29 is 18.3 Å². The fraction of sp³-hybridized carbons (Fsp3) is 0.625. The molecule has 0 aliphatic carbocycles. The molecule has 0 radical (unpaired) electrons. The van der Waals surface area contributed by atoms with Gasteiger partial charge in [0.05, 0.1) is 7.11 Å². The van der Waals surface area contributed by atoms with Crippen LogP contribution in [0.3, 0.4) is 0 Å². The van der Waals surface area contributed by atoms with Gasteiger partial charge in [0, 0.05) is 18.6 Å². The molecule has 1 aromatic carbocycles. The summed E-state index contributed by atoms with van der Waals surface area (Å²) in [4.78, 5) is 2.32. The molecule has 1 heterocycles. The Kier molecular flexibility index (Phi) is 8.02. The molecule has 0 amide bonds. The van der Waals surface area contributed by atoms with E-state index in [4.69, 9.17) is 10.5 Å². The summed E-state index contributed by atoms with van der Waals surface area (Å²) in [5.41, 5.74) is 6.99. The van der Waals surface area contributed by atoms with Gasteiger partial charge >= 0.3 is 6.61 Å².